The molecule has 2 aliphatic rings. The van der Waals surface area contributed by atoms with Gasteiger partial charge in [0.1, 0.15) is 5.70 Å². The summed E-state index contributed by atoms with van der Waals surface area (Å²) in [5, 5.41) is 0. The van der Waals surface area contributed by atoms with E-state index in [4.69, 9.17) is 0 Å². The van der Waals surface area contributed by atoms with Crippen molar-refractivity contribution in [3.63, 3.8) is 0 Å². The fourth-order valence-corrected chi connectivity index (χ4v) is 4.70. The van der Waals surface area contributed by atoms with Gasteiger partial charge in [-0.2, -0.15) is 0 Å². The van der Waals surface area contributed by atoms with Gasteiger partial charge < -0.3 is 9.80 Å². The van der Waals surface area contributed by atoms with Crippen LogP contribution in [-0.2, 0) is 16.1 Å². The van der Waals surface area contributed by atoms with Crippen molar-refractivity contribution in [2.24, 2.45) is 0 Å². The zero-order chi connectivity index (χ0) is 22.8. The normalized spacial score (nSPS) is 16.2. The van der Waals surface area contributed by atoms with Gasteiger partial charge in [-0.05, 0) is 48.2 Å². The number of likely N-dealkylation sites (N-methyl/N-ethyl adjacent to an activating group) is 1. The van der Waals surface area contributed by atoms with Crippen LogP contribution in [0.5, 0.6) is 0 Å². The molecule has 2 amide bonds. The van der Waals surface area contributed by atoms with Gasteiger partial charge in [0.25, 0.3) is 11.8 Å². The lowest BCUT2D eigenvalue weighted by molar-refractivity contribution is -0.120. The summed E-state index contributed by atoms with van der Waals surface area (Å²) in [5.41, 5.74) is 4.44. The molecule has 166 valence electrons. The van der Waals surface area contributed by atoms with Crippen LogP contribution in [0.4, 0.5) is 11.4 Å². The molecule has 1 fully saturated rings. The van der Waals surface area contributed by atoms with Gasteiger partial charge in [0, 0.05) is 32.4 Å². The summed E-state index contributed by atoms with van der Waals surface area (Å²) in [6.07, 6.45) is 2.40. The van der Waals surface area contributed by atoms with E-state index in [-0.39, 0.29) is 11.8 Å². The molecule has 0 aliphatic carbocycles. The number of anilines is 2. The Morgan fingerprint density at radius 2 is 1.30 bits per heavy atom. The maximum atomic E-state index is 13.7. The maximum Gasteiger partial charge on any atom is 0.282 e. The van der Waals surface area contributed by atoms with Crippen LogP contribution in [0.25, 0.3) is 5.57 Å². The first-order valence-electron chi connectivity index (χ1n) is 11.4. The minimum Gasteiger partial charge on any atom is -0.372 e. The minimum absolute atomic E-state index is 0.282. The predicted molar refractivity (Wildman–Crippen MR) is 132 cm³/mol. The number of benzene rings is 3. The molecule has 5 rings (SSSR count). The van der Waals surface area contributed by atoms with Crippen molar-refractivity contribution in [1.29, 1.82) is 0 Å². The highest BCUT2D eigenvalue weighted by Gasteiger charge is 2.41. The summed E-state index contributed by atoms with van der Waals surface area (Å²) in [4.78, 5) is 32.8. The Kier molecular flexibility index (Phi) is 5.69. The Morgan fingerprint density at radius 3 is 1.94 bits per heavy atom. The number of hydrogen-bond acceptors (Lipinski definition) is 4. The van der Waals surface area contributed by atoms with Gasteiger partial charge in [0.15, 0.2) is 0 Å². The van der Waals surface area contributed by atoms with E-state index in [0.717, 1.165) is 29.9 Å². The van der Waals surface area contributed by atoms with E-state index < -0.39 is 0 Å². The van der Waals surface area contributed by atoms with E-state index >= 15 is 0 Å². The third kappa shape index (κ3) is 4.02. The number of imide groups is 1. The van der Waals surface area contributed by atoms with Gasteiger partial charge in [-0.25, -0.2) is 4.90 Å². The largest absolute Gasteiger partial charge is 0.372 e. The molecule has 0 N–H and O–H groups in total. The number of rotatable bonds is 6. The number of carbonyl (C=O) groups is 2. The third-order valence-electron chi connectivity index (χ3n) is 6.35. The second-order valence-electron chi connectivity index (χ2n) is 8.59. The zero-order valence-corrected chi connectivity index (χ0v) is 18.8. The van der Waals surface area contributed by atoms with Crippen LogP contribution >= 0.6 is 0 Å². The summed E-state index contributed by atoms with van der Waals surface area (Å²) in [6.45, 7) is 2.64. The molecule has 2 aliphatic heterocycles. The lowest BCUT2D eigenvalue weighted by atomic mass is 10.0. The second kappa shape index (κ2) is 8.94. The van der Waals surface area contributed by atoms with Gasteiger partial charge in [0.2, 0.25) is 0 Å². The number of amides is 2. The summed E-state index contributed by atoms with van der Waals surface area (Å²) < 4.78 is 0. The molecule has 0 aromatic heterocycles. The lowest BCUT2D eigenvalue weighted by Crippen LogP contribution is -2.34. The van der Waals surface area contributed by atoms with E-state index in [9.17, 15) is 9.59 Å². The quantitative estimate of drug-likeness (QED) is 0.524. The highest BCUT2D eigenvalue weighted by Crippen LogP contribution is 2.35. The van der Waals surface area contributed by atoms with Gasteiger partial charge in [-0.1, -0.05) is 60.7 Å². The van der Waals surface area contributed by atoms with Crippen LogP contribution in [-0.4, -0.2) is 36.9 Å². The number of nitrogens with zero attached hydrogens (tertiary/aromatic N) is 3. The highest BCUT2D eigenvalue weighted by atomic mass is 16.2. The second-order valence-corrected chi connectivity index (χ2v) is 8.59. The fourth-order valence-electron chi connectivity index (χ4n) is 4.70. The zero-order valence-electron chi connectivity index (χ0n) is 18.8. The molecule has 5 heteroatoms. The van der Waals surface area contributed by atoms with Gasteiger partial charge >= 0.3 is 0 Å². The molecule has 3 aromatic carbocycles. The number of carbonyl (C=O) groups excluding carboxylic acids is 2. The molecular weight excluding hydrogens is 410 g/mol. The van der Waals surface area contributed by atoms with Crippen LogP contribution in [0.1, 0.15) is 24.0 Å². The molecule has 2 heterocycles. The van der Waals surface area contributed by atoms with E-state index in [0.29, 0.717) is 23.5 Å². The van der Waals surface area contributed by atoms with Crippen molar-refractivity contribution in [3.05, 3.63) is 102 Å². The van der Waals surface area contributed by atoms with Gasteiger partial charge in [-0.15, -0.1) is 0 Å². The predicted octanol–water partition coefficient (Wildman–Crippen LogP) is 4.70. The average molecular weight is 438 g/mol. The average Bonchev–Trinajstić information content (AvgIpc) is 3.47. The van der Waals surface area contributed by atoms with Crippen LogP contribution in [0.15, 0.2) is 90.6 Å². The van der Waals surface area contributed by atoms with E-state index in [1.807, 2.05) is 96.9 Å². The lowest BCUT2D eigenvalue weighted by Gasteiger charge is -2.22. The Labute approximate surface area is 194 Å². The first-order chi connectivity index (χ1) is 16.1. The maximum absolute atomic E-state index is 13.7. The van der Waals surface area contributed by atoms with Crippen molar-refractivity contribution < 1.29 is 9.59 Å². The summed E-state index contributed by atoms with van der Waals surface area (Å²) in [6, 6.07) is 27.2. The SMILES string of the molecule is CN(Cc1ccccc1)C1=C(c2ccccc2)C(=O)N(c2ccc(N3CCCC3)cc2)C1=O. The monoisotopic (exact) mass is 437 g/mol. The molecule has 1 saturated heterocycles. The Morgan fingerprint density at radius 1 is 0.727 bits per heavy atom. The molecule has 0 saturated carbocycles. The molecule has 3 aromatic rings. The van der Waals surface area contributed by atoms with Crippen molar-refractivity contribution in [2.75, 3.05) is 29.9 Å². The van der Waals surface area contributed by atoms with Crippen molar-refractivity contribution in [2.45, 2.75) is 19.4 Å². The Bertz CT molecular complexity index is 1180. The molecule has 0 atom stereocenters. The van der Waals surface area contributed by atoms with Crippen molar-refractivity contribution >= 4 is 28.8 Å². The molecule has 0 unspecified atom stereocenters. The molecule has 0 radical (unpaired) electrons. The first-order valence-corrected chi connectivity index (χ1v) is 11.4. The smallest absolute Gasteiger partial charge is 0.282 e. The molecule has 33 heavy (non-hydrogen) atoms. The summed E-state index contributed by atoms with van der Waals surface area (Å²) in [5.74, 6) is -0.568. The van der Waals surface area contributed by atoms with E-state index in [2.05, 4.69) is 4.90 Å². The Hall–Kier alpha value is -3.86. The minimum atomic E-state index is -0.286. The standard InChI is InChI=1S/C28H27N3O2/c1-29(20-21-10-4-2-5-11-21)26-25(22-12-6-3-7-13-22)27(32)31(28(26)33)24-16-14-23(15-17-24)30-18-8-9-19-30/h2-7,10-17H,8-9,18-20H2,1H3. The van der Waals surface area contributed by atoms with Gasteiger partial charge in [-0.3, -0.25) is 9.59 Å². The molecule has 5 nitrogen and oxygen atoms in total. The molecular formula is C28H27N3O2. The first kappa shape index (κ1) is 21.0. The van der Waals surface area contributed by atoms with Crippen molar-refractivity contribution in [3.8, 4) is 0 Å². The molecule has 0 spiro atoms. The third-order valence-corrected chi connectivity index (χ3v) is 6.35. The number of hydrogen-bond donors (Lipinski definition) is 0. The van der Waals surface area contributed by atoms with Crippen LogP contribution in [0, 0.1) is 0 Å². The highest BCUT2D eigenvalue weighted by molar-refractivity contribution is 6.45. The van der Waals surface area contributed by atoms with E-state index in [1.165, 1.54) is 17.7 Å². The topological polar surface area (TPSA) is 43.9 Å². The van der Waals surface area contributed by atoms with Crippen LogP contribution < -0.4 is 9.80 Å². The molecule has 0 bridgehead atoms. The Balaban J connectivity index is 1.50. The van der Waals surface area contributed by atoms with Gasteiger partial charge in [0.05, 0.1) is 11.3 Å². The summed E-state index contributed by atoms with van der Waals surface area (Å²) in [7, 11) is 1.87. The van der Waals surface area contributed by atoms with Crippen LogP contribution in [0.2, 0.25) is 0 Å². The van der Waals surface area contributed by atoms with Crippen molar-refractivity contribution in [1.82, 2.24) is 4.90 Å². The fraction of sp³-hybridized carbons (Fsp3) is 0.214. The van der Waals surface area contributed by atoms with Crippen LogP contribution in [0.3, 0.4) is 0 Å². The summed E-state index contributed by atoms with van der Waals surface area (Å²) >= 11 is 0. The van der Waals surface area contributed by atoms with E-state index in [1.54, 1.807) is 0 Å².